The van der Waals surface area contributed by atoms with E-state index in [1.165, 1.54) is 23.3 Å². The Hall–Kier alpha value is -2.34. The first-order valence-electron chi connectivity index (χ1n) is 3.80. The van der Waals surface area contributed by atoms with E-state index >= 15 is 0 Å². The molecule has 1 rings (SSSR count). The fourth-order valence-electron chi connectivity index (χ4n) is 0.897. The van der Waals surface area contributed by atoms with Crippen LogP contribution in [0.3, 0.4) is 0 Å². The molecule has 70 valence electrons. The summed E-state index contributed by atoms with van der Waals surface area (Å²) < 4.78 is 1.22. The average Bonchev–Trinajstić information content (AvgIpc) is 2.69. The smallest absolute Gasteiger partial charge is 0.297 e. The van der Waals surface area contributed by atoms with Crippen LogP contribution in [0.5, 0.6) is 0 Å². The van der Waals surface area contributed by atoms with E-state index in [1.54, 1.807) is 0 Å². The summed E-state index contributed by atoms with van der Waals surface area (Å²) in [5.41, 5.74) is 0. The summed E-state index contributed by atoms with van der Waals surface area (Å²) in [5.74, 6) is 0. The third-order valence-electron chi connectivity index (χ3n) is 1.52. The molecule has 0 saturated carbocycles. The highest BCUT2D eigenvalue weighted by Crippen LogP contribution is 1.95. The summed E-state index contributed by atoms with van der Waals surface area (Å²) in [7, 11) is 0. The average molecular weight is 189 g/mol. The Labute approximate surface area is 80.6 Å². The standard InChI is InChI=1S/C8H7N5O/c9-1-4-12(5-2-10)8(14)13-6-3-11-7-13/h3,6-7H,4-5H2. The fourth-order valence-corrected chi connectivity index (χ4v) is 0.897. The van der Waals surface area contributed by atoms with Crippen LogP contribution in [0, 0.1) is 22.7 Å². The molecule has 14 heavy (non-hydrogen) atoms. The molecule has 1 heterocycles. The minimum atomic E-state index is -0.425. The van der Waals surface area contributed by atoms with Gasteiger partial charge in [-0.15, -0.1) is 0 Å². The number of carbonyl (C=O) groups is 1. The molecule has 1 amide bonds. The van der Waals surface area contributed by atoms with Gasteiger partial charge in [-0.3, -0.25) is 9.47 Å². The number of nitriles is 2. The lowest BCUT2D eigenvalue weighted by Crippen LogP contribution is -2.34. The van der Waals surface area contributed by atoms with Gasteiger partial charge in [0, 0.05) is 12.4 Å². The van der Waals surface area contributed by atoms with Gasteiger partial charge in [0.2, 0.25) is 0 Å². The van der Waals surface area contributed by atoms with Gasteiger partial charge >= 0.3 is 6.03 Å². The molecule has 1 aromatic rings. The number of rotatable bonds is 2. The molecule has 0 atom stereocenters. The highest BCUT2D eigenvalue weighted by Gasteiger charge is 2.13. The molecule has 0 saturated heterocycles. The van der Waals surface area contributed by atoms with Crippen molar-refractivity contribution in [2.45, 2.75) is 0 Å². The third-order valence-corrected chi connectivity index (χ3v) is 1.52. The van der Waals surface area contributed by atoms with Gasteiger partial charge in [-0.05, 0) is 0 Å². The largest absolute Gasteiger partial charge is 0.331 e. The molecule has 6 heteroatoms. The number of hydrogen-bond donors (Lipinski definition) is 0. The highest BCUT2D eigenvalue weighted by molar-refractivity contribution is 5.77. The minimum Gasteiger partial charge on any atom is -0.297 e. The van der Waals surface area contributed by atoms with Crippen molar-refractivity contribution in [1.29, 1.82) is 10.5 Å². The Balaban J connectivity index is 2.76. The van der Waals surface area contributed by atoms with Crippen LogP contribution < -0.4 is 0 Å². The second kappa shape index (κ2) is 4.63. The van der Waals surface area contributed by atoms with Crippen LogP contribution in [-0.4, -0.2) is 33.6 Å². The zero-order valence-electron chi connectivity index (χ0n) is 7.29. The molecule has 0 N–H and O–H groups in total. The van der Waals surface area contributed by atoms with E-state index < -0.39 is 6.03 Å². The van der Waals surface area contributed by atoms with Crippen LogP contribution in [0.2, 0.25) is 0 Å². The maximum atomic E-state index is 11.5. The summed E-state index contributed by atoms with van der Waals surface area (Å²) >= 11 is 0. The molecule has 0 aromatic carbocycles. The molecule has 0 aliphatic heterocycles. The van der Waals surface area contributed by atoms with Crippen molar-refractivity contribution in [1.82, 2.24) is 14.5 Å². The van der Waals surface area contributed by atoms with Gasteiger partial charge in [0.1, 0.15) is 19.4 Å². The van der Waals surface area contributed by atoms with Gasteiger partial charge in [0.15, 0.2) is 0 Å². The molecule has 0 fully saturated rings. The Morgan fingerprint density at radius 1 is 1.43 bits per heavy atom. The van der Waals surface area contributed by atoms with Crippen LogP contribution in [0.4, 0.5) is 4.79 Å². The zero-order chi connectivity index (χ0) is 10.4. The van der Waals surface area contributed by atoms with Crippen molar-refractivity contribution < 1.29 is 4.79 Å². The fraction of sp³-hybridized carbons (Fsp3) is 0.250. The third kappa shape index (κ3) is 2.08. The van der Waals surface area contributed by atoms with Crippen LogP contribution in [0.1, 0.15) is 0 Å². The van der Waals surface area contributed by atoms with Crippen molar-refractivity contribution in [2.75, 3.05) is 13.1 Å². The first kappa shape index (κ1) is 9.75. The SMILES string of the molecule is N#CCN(CC#N)C(=O)n1ccnc1. The highest BCUT2D eigenvalue weighted by atomic mass is 16.2. The second-order valence-corrected chi connectivity index (χ2v) is 2.42. The molecule has 0 unspecified atom stereocenters. The van der Waals surface area contributed by atoms with Crippen LogP contribution in [-0.2, 0) is 0 Å². The maximum Gasteiger partial charge on any atom is 0.331 e. The van der Waals surface area contributed by atoms with Crippen molar-refractivity contribution in [3.63, 3.8) is 0 Å². The van der Waals surface area contributed by atoms with Crippen LogP contribution in [0.15, 0.2) is 18.7 Å². The Morgan fingerprint density at radius 3 is 2.50 bits per heavy atom. The molecule has 0 aliphatic rings. The topological polar surface area (TPSA) is 85.7 Å². The predicted octanol–water partition coefficient (Wildman–Crippen LogP) is 0.200. The summed E-state index contributed by atoms with van der Waals surface area (Å²) in [6.45, 7) is -0.213. The Bertz CT molecular complexity index is 367. The lowest BCUT2D eigenvalue weighted by molar-refractivity contribution is 0.211. The van der Waals surface area contributed by atoms with Gasteiger partial charge in [-0.2, -0.15) is 10.5 Å². The summed E-state index contributed by atoms with van der Waals surface area (Å²) in [6, 6.07) is 3.21. The molecule has 0 spiro atoms. The quantitative estimate of drug-likeness (QED) is 0.622. The molecule has 0 bridgehead atoms. The second-order valence-electron chi connectivity index (χ2n) is 2.42. The number of amides is 1. The number of carbonyl (C=O) groups excluding carboxylic acids is 1. The number of hydrogen-bond acceptors (Lipinski definition) is 4. The van der Waals surface area contributed by atoms with Crippen molar-refractivity contribution in [2.24, 2.45) is 0 Å². The van der Waals surface area contributed by atoms with Crippen LogP contribution >= 0.6 is 0 Å². The van der Waals surface area contributed by atoms with E-state index in [0.717, 1.165) is 4.90 Å². The maximum absolute atomic E-state index is 11.5. The van der Waals surface area contributed by atoms with Crippen molar-refractivity contribution in [3.8, 4) is 12.1 Å². The molecular weight excluding hydrogens is 182 g/mol. The summed E-state index contributed by atoms with van der Waals surface area (Å²) in [6.07, 6.45) is 4.24. The minimum absolute atomic E-state index is 0.107. The van der Waals surface area contributed by atoms with E-state index in [4.69, 9.17) is 10.5 Å². The molecular formula is C8H7N5O. The van der Waals surface area contributed by atoms with Gasteiger partial charge in [0.25, 0.3) is 0 Å². The zero-order valence-corrected chi connectivity index (χ0v) is 7.29. The predicted molar refractivity (Wildman–Crippen MR) is 45.8 cm³/mol. The van der Waals surface area contributed by atoms with Crippen LogP contribution in [0.25, 0.3) is 0 Å². The van der Waals surface area contributed by atoms with Gasteiger partial charge < -0.3 is 0 Å². The number of imidazole rings is 1. The first-order chi connectivity index (χ1) is 6.79. The first-order valence-corrected chi connectivity index (χ1v) is 3.80. The molecule has 0 aliphatic carbocycles. The normalized spacial score (nSPS) is 8.71. The van der Waals surface area contributed by atoms with Gasteiger partial charge in [0.05, 0.1) is 12.1 Å². The number of aromatic nitrogens is 2. The Morgan fingerprint density at radius 2 is 2.07 bits per heavy atom. The lowest BCUT2D eigenvalue weighted by atomic mass is 10.5. The van der Waals surface area contributed by atoms with Gasteiger partial charge in [-0.25, -0.2) is 9.78 Å². The van der Waals surface area contributed by atoms with E-state index in [0.29, 0.717) is 0 Å². The Kier molecular flexibility index (Phi) is 3.22. The van der Waals surface area contributed by atoms with Crippen molar-refractivity contribution in [3.05, 3.63) is 18.7 Å². The number of nitrogens with zero attached hydrogens (tertiary/aromatic N) is 5. The summed E-state index contributed by atoms with van der Waals surface area (Å²) in [4.78, 5) is 16.4. The summed E-state index contributed by atoms with van der Waals surface area (Å²) in [5, 5.41) is 16.9. The molecule has 1 aromatic heterocycles. The molecule has 0 radical (unpaired) electrons. The van der Waals surface area contributed by atoms with Gasteiger partial charge in [-0.1, -0.05) is 0 Å². The van der Waals surface area contributed by atoms with E-state index in [2.05, 4.69) is 4.98 Å². The van der Waals surface area contributed by atoms with E-state index in [9.17, 15) is 4.79 Å². The van der Waals surface area contributed by atoms with E-state index in [-0.39, 0.29) is 13.1 Å². The molecule has 6 nitrogen and oxygen atoms in total. The lowest BCUT2D eigenvalue weighted by Gasteiger charge is -2.14. The van der Waals surface area contributed by atoms with E-state index in [1.807, 2.05) is 12.1 Å². The monoisotopic (exact) mass is 189 g/mol. The van der Waals surface area contributed by atoms with Crippen molar-refractivity contribution >= 4 is 6.03 Å².